The molecule has 4 nitrogen and oxygen atoms in total. The van der Waals surface area contributed by atoms with Crippen LogP contribution in [0, 0.1) is 0 Å². The van der Waals surface area contributed by atoms with E-state index in [9.17, 15) is 8.42 Å². The lowest BCUT2D eigenvalue weighted by atomic mass is 10.0. The van der Waals surface area contributed by atoms with E-state index in [1.807, 2.05) is 20.8 Å². The van der Waals surface area contributed by atoms with E-state index in [2.05, 4.69) is 20.7 Å². The van der Waals surface area contributed by atoms with Gasteiger partial charge >= 0.3 is 0 Å². The molecule has 1 rings (SSSR count). The fourth-order valence-corrected chi connectivity index (χ4v) is 4.55. The number of hydrogen-bond acceptors (Lipinski definition) is 3. The molecule has 6 heteroatoms. The van der Waals surface area contributed by atoms with Crippen LogP contribution in [-0.2, 0) is 16.6 Å². The summed E-state index contributed by atoms with van der Waals surface area (Å²) in [6.07, 6.45) is 1.70. The molecule has 0 fully saturated rings. The Kier molecular flexibility index (Phi) is 5.55. The molecule has 0 amide bonds. The molecule has 0 aliphatic rings. The van der Waals surface area contributed by atoms with Gasteiger partial charge in [0.15, 0.2) is 0 Å². The fourth-order valence-electron chi connectivity index (χ4n) is 1.98. The lowest BCUT2D eigenvalue weighted by Crippen LogP contribution is -2.43. The SMILES string of the molecule is CCCC(C)(C)NS(=O)(=O)c1ccc(CN)cc1Br. The van der Waals surface area contributed by atoms with Crippen molar-refractivity contribution in [3.63, 3.8) is 0 Å². The lowest BCUT2D eigenvalue weighted by Gasteiger charge is -2.25. The van der Waals surface area contributed by atoms with Crippen LogP contribution in [-0.4, -0.2) is 14.0 Å². The highest BCUT2D eigenvalue weighted by molar-refractivity contribution is 9.10. The molecule has 0 aromatic heterocycles. The first-order chi connectivity index (χ1) is 8.72. The van der Waals surface area contributed by atoms with Gasteiger partial charge in [0, 0.05) is 16.6 Å². The van der Waals surface area contributed by atoms with Crippen molar-refractivity contribution in [3.05, 3.63) is 28.2 Å². The number of sulfonamides is 1. The predicted octanol–water partition coefficient (Wildman–Crippen LogP) is 2.76. The van der Waals surface area contributed by atoms with Crippen molar-refractivity contribution < 1.29 is 8.42 Å². The maximum Gasteiger partial charge on any atom is 0.242 e. The second kappa shape index (κ2) is 6.35. The van der Waals surface area contributed by atoms with Gasteiger partial charge in [-0.1, -0.05) is 19.4 Å². The minimum atomic E-state index is -3.53. The standard InChI is InChI=1S/C13H21BrN2O2S/c1-4-7-13(2,3)16-19(17,18)12-6-5-10(9-15)8-11(12)14/h5-6,8,16H,4,7,9,15H2,1-3H3. The molecular formula is C13H21BrN2O2S. The maximum atomic E-state index is 12.4. The molecule has 0 spiro atoms. The molecule has 0 heterocycles. The van der Waals surface area contributed by atoms with Gasteiger partial charge < -0.3 is 5.73 Å². The summed E-state index contributed by atoms with van der Waals surface area (Å²) in [7, 11) is -3.53. The van der Waals surface area contributed by atoms with Crippen molar-refractivity contribution in [3.8, 4) is 0 Å². The summed E-state index contributed by atoms with van der Waals surface area (Å²) in [6, 6.07) is 5.05. The normalized spacial score (nSPS) is 12.7. The van der Waals surface area contributed by atoms with Crippen LogP contribution in [0.15, 0.2) is 27.6 Å². The van der Waals surface area contributed by atoms with Crippen molar-refractivity contribution >= 4 is 26.0 Å². The highest BCUT2D eigenvalue weighted by atomic mass is 79.9. The molecule has 0 unspecified atom stereocenters. The van der Waals surface area contributed by atoms with Gasteiger partial charge in [0.05, 0.1) is 4.90 Å². The van der Waals surface area contributed by atoms with Crippen LogP contribution in [0.3, 0.4) is 0 Å². The molecule has 0 atom stereocenters. The molecule has 0 aliphatic heterocycles. The Bertz CT molecular complexity index is 542. The average molecular weight is 349 g/mol. The second-order valence-electron chi connectivity index (χ2n) is 5.21. The van der Waals surface area contributed by atoms with Gasteiger partial charge in [-0.05, 0) is 53.9 Å². The number of benzene rings is 1. The monoisotopic (exact) mass is 348 g/mol. The van der Waals surface area contributed by atoms with E-state index in [4.69, 9.17) is 5.73 Å². The summed E-state index contributed by atoms with van der Waals surface area (Å²) in [5.41, 5.74) is 5.96. The molecule has 19 heavy (non-hydrogen) atoms. The summed E-state index contributed by atoms with van der Waals surface area (Å²) in [5.74, 6) is 0. The van der Waals surface area contributed by atoms with E-state index in [-0.39, 0.29) is 4.90 Å². The van der Waals surface area contributed by atoms with Crippen molar-refractivity contribution in [1.29, 1.82) is 0 Å². The topological polar surface area (TPSA) is 72.2 Å². The number of hydrogen-bond donors (Lipinski definition) is 2. The first-order valence-electron chi connectivity index (χ1n) is 6.24. The smallest absolute Gasteiger partial charge is 0.242 e. The van der Waals surface area contributed by atoms with E-state index < -0.39 is 15.6 Å². The summed E-state index contributed by atoms with van der Waals surface area (Å²) in [4.78, 5) is 0.244. The Balaban J connectivity index is 3.07. The zero-order chi connectivity index (χ0) is 14.7. The Labute approximate surface area is 124 Å². The summed E-state index contributed by atoms with van der Waals surface area (Å²) in [6.45, 7) is 6.18. The third kappa shape index (κ3) is 4.56. The van der Waals surface area contributed by atoms with Gasteiger partial charge in [0.25, 0.3) is 0 Å². The van der Waals surface area contributed by atoms with E-state index in [0.717, 1.165) is 18.4 Å². The fraction of sp³-hybridized carbons (Fsp3) is 0.538. The van der Waals surface area contributed by atoms with E-state index in [0.29, 0.717) is 11.0 Å². The Morgan fingerprint density at radius 2 is 2.00 bits per heavy atom. The third-order valence-electron chi connectivity index (χ3n) is 2.81. The minimum absolute atomic E-state index is 0.244. The summed E-state index contributed by atoms with van der Waals surface area (Å²) in [5, 5.41) is 0. The van der Waals surface area contributed by atoms with Crippen LogP contribution in [0.1, 0.15) is 39.2 Å². The van der Waals surface area contributed by atoms with E-state index >= 15 is 0 Å². The molecule has 1 aromatic carbocycles. The van der Waals surface area contributed by atoms with Crippen LogP contribution in [0.4, 0.5) is 0 Å². The molecule has 3 N–H and O–H groups in total. The van der Waals surface area contributed by atoms with Gasteiger partial charge in [-0.15, -0.1) is 0 Å². The average Bonchev–Trinajstić information content (AvgIpc) is 2.26. The van der Waals surface area contributed by atoms with Crippen molar-refractivity contribution in [2.75, 3.05) is 0 Å². The van der Waals surface area contributed by atoms with Crippen LogP contribution >= 0.6 is 15.9 Å². The summed E-state index contributed by atoms with van der Waals surface area (Å²) < 4.78 is 28.0. The van der Waals surface area contributed by atoms with Crippen molar-refractivity contribution in [2.45, 2.75) is 50.6 Å². The molecule has 108 valence electrons. The third-order valence-corrected chi connectivity index (χ3v) is 5.48. The predicted molar refractivity (Wildman–Crippen MR) is 81.3 cm³/mol. The molecular weight excluding hydrogens is 328 g/mol. The van der Waals surface area contributed by atoms with E-state index in [1.54, 1.807) is 18.2 Å². The molecule has 0 saturated heterocycles. The lowest BCUT2D eigenvalue weighted by molar-refractivity contribution is 0.417. The first kappa shape index (κ1) is 16.6. The van der Waals surface area contributed by atoms with Crippen molar-refractivity contribution in [2.24, 2.45) is 5.73 Å². The largest absolute Gasteiger partial charge is 0.326 e. The molecule has 1 aromatic rings. The van der Waals surface area contributed by atoms with Gasteiger partial charge in [-0.2, -0.15) is 0 Å². The highest BCUT2D eigenvalue weighted by Crippen LogP contribution is 2.25. The van der Waals surface area contributed by atoms with Crippen molar-refractivity contribution in [1.82, 2.24) is 4.72 Å². The molecule has 0 radical (unpaired) electrons. The zero-order valence-electron chi connectivity index (χ0n) is 11.5. The highest BCUT2D eigenvalue weighted by Gasteiger charge is 2.26. The van der Waals surface area contributed by atoms with Gasteiger partial charge in [0.2, 0.25) is 10.0 Å². The summed E-state index contributed by atoms with van der Waals surface area (Å²) >= 11 is 3.30. The number of nitrogens with one attached hydrogen (secondary N) is 1. The molecule has 0 saturated carbocycles. The first-order valence-corrected chi connectivity index (χ1v) is 8.52. The second-order valence-corrected chi connectivity index (χ2v) is 7.71. The quantitative estimate of drug-likeness (QED) is 0.830. The Morgan fingerprint density at radius 3 is 2.47 bits per heavy atom. The minimum Gasteiger partial charge on any atom is -0.326 e. The molecule has 0 bridgehead atoms. The zero-order valence-corrected chi connectivity index (χ0v) is 13.9. The Hall–Kier alpha value is -0.430. The molecule has 0 aliphatic carbocycles. The number of nitrogens with two attached hydrogens (primary N) is 1. The maximum absolute atomic E-state index is 12.4. The van der Waals surface area contributed by atoms with Crippen LogP contribution in [0.2, 0.25) is 0 Å². The van der Waals surface area contributed by atoms with Gasteiger partial charge in [-0.3, -0.25) is 0 Å². The van der Waals surface area contributed by atoms with Crippen LogP contribution in [0.25, 0.3) is 0 Å². The van der Waals surface area contributed by atoms with Crippen LogP contribution in [0.5, 0.6) is 0 Å². The van der Waals surface area contributed by atoms with Crippen LogP contribution < -0.4 is 10.5 Å². The van der Waals surface area contributed by atoms with E-state index in [1.165, 1.54) is 0 Å². The number of rotatable bonds is 6. The van der Waals surface area contributed by atoms with Gasteiger partial charge in [-0.25, -0.2) is 13.1 Å². The number of halogens is 1. The Morgan fingerprint density at radius 1 is 1.37 bits per heavy atom. The van der Waals surface area contributed by atoms with Gasteiger partial charge in [0.1, 0.15) is 0 Å².